The maximum Gasteiger partial charge on any atom is 0.317 e. The summed E-state index contributed by atoms with van der Waals surface area (Å²) < 4.78 is 5.13. The Labute approximate surface area is 76.9 Å². The molecule has 0 fully saturated rings. The summed E-state index contributed by atoms with van der Waals surface area (Å²) in [7, 11) is -1.69. The molecular weight excluding hydrogens is 224 g/mol. The van der Waals surface area contributed by atoms with Crippen molar-refractivity contribution < 1.29 is 9.22 Å². The predicted molar refractivity (Wildman–Crippen MR) is 52.4 cm³/mol. The molecule has 0 atom stereocenters. The van der Waals surface area contributed by atoms with E-state index in [1.165, 1.54) is 6.08 Å². The zero-order chi connectivity index (χ0) is 8.91. The zero-order valence-electron chi connectivity index (χ0n) is 7.06. The molecule has 0 aliphatic carbocycles. The average Bonchev–Trinajstić information content (AvgIpc) is 1.79. The molecule has 0 aromatic rings. The van der Waals surface area contributed by atoms with Gasteiger partial charge < -0.3 is 4.43 Å². The summed E-state index contributed by atoms with van der Waals surface area (Å²) in [6.45, 7) is 5.94. The molecule has 0 saturated carbocycles. The lowest BCUT2D eigenvalue weighted by Gasteiger charge is -2.15. The second-order valence-electron chi connectivity index (χ2n) is 3.09. The van der Waals surface area contributed by atoms with Crippen LogP contribution in [0.15, 0.2) is 12.2 Å². The molecule has 0 bridgehead atoms. The van der Waals surface area contributed by atoms with E-state index >= 15 is 0 Å². The maximum atomic E-state index is 10.9. The van der Waals surface area contributed by atoms with Crippen LogP contribution in [-0.2, 0) is 9.22 Å². The summed E-state index contributed by atoms with van der Waals surface area (Å²) in [5, 5.41) is 0.688. The Morgan fingerprint density at radius 3 is 2.45 bits per heavy atom. The highest BCUT2D eigenvalue weighted by Gasteiger charge is 2.17. The predicted octanol–water partition coefficient (Wildman–Crippen LogP) is 2.32. The van der Waals surface area contributed by atoms with Crippen molar-refractivity contribution in [2.45, 2.75) is 19.6 Å². The number of carbonyl (C=O) groups is 1. The van der Waals surface area contributed by atoms with Gasteiger partial charge in [-0.3, -0.25) is 0 Å². The van der Waals surface area contributed by atoms with Crippen LogP contribution in [0.3, 0.4) is 0 Å². The summed E-state index contributed by atoms with van der Waals surface area (Å²) in [4.78, 5) is 10.9. The number of allylic oxidation sites excluding steroid dienone is 1. The highest BCUT2D eigenvalue weighted by atomic mass is 79.9. The second kappa shape index (κ2) is 4.72. The fourth-order valence-corrected chi connectivity index (χ4v) is 1.34. The molecule has 0 N–H and O–H groups in total. The Bertz CT molecular complexity index is 160. The third-order valence-electron chi connectivity index (χ3n) is 0.750. The zero-order valence-corrected chi connectivity index (χ0v) is 9.64. The van der Waals surface area contributed by atoms with Gasteiger partial charge in [-0.15, -0.1) is 0 Å². The molecule has 0 heterocycles. The van der Waals surface area contributed by atoms with E-state index in [2.05, 4.69) is 15.9 Å². The smallest absolute Gasteiger partial charge is 0.317 e. The molecule has 0 amide bonds. The van der Waals surface area contributed by atoms with Gasteiger partial charge in [-0.2, -0.15) is 0 Å². The van der Waals surface area contributed by atoms with Crippen LogP contribution in [0.1, 0.15) is 0 Å². The molecule has 11 heavy (non-hydrogen) atoms. The van der Waals surface area contributed by atoms with E-state index in [4.69, 9.17) is 4.43 Å². The molecule has 0 radical (unpaired) electrons. The minimum absolute atomic E-state index is 0.233. The van der Waals surface area contributed by atoms with Crippen molar-refractivity contribution >= 4 is 30.2 Å². The van der Waals surface area contributed by atoms with Gasteiger partial charge in [-0.05, 0) is 19.6 Å². The Hall–Kier alpha value is -0.0931. The van der Waals surface area contributed by atoms with Gasteiger partial charge >= 0.3 is 5.97 Å². The first-order chi connectivity index (χ1) is 4.95. The number of hydrogen-bond acceptors (Lipinski definition) is 2. The Balaban J connectivity index is 3.80. The lowest BCUT2D eigenvalue weighted by atomic mass is 10.5. The van der Waals surface area contributed by atoms with E-state index in [9.17, 15) is 4.79 Å². The van der Waals surface area contributed by atoms with Gasteiger partial charge in [-0.25, -0.2) is 4.79 Å². The van der Waals surface area contributed by atoms with Crippen molar-refractivity contribution in [3.8, 4) is 0 Å². The van der Waals surface area contributed by atoms with E-state index in [0.29, 0.717) is 5.33 Å². The van der Waals surface area contributed by atoms with E-state index < -0.39 is 8.32 Å². The van der Waals surface area contributed by atoms with Crippen molar-refractivity contribution in [1.82, 2.24) is 0 Å². The number of alkyl halides is 1. The van der Waals surface area contributed by atoms with Crippen LogP contribution in [0.4, 0.5) is 0 Å². The van der Waals surface area contributed by atoms with Crippen molar-refractivity contribution in [3.05, 3.63) is 12.2 Å². The van der Waals surface area contributed by atoms with Crippen molar-refractivity contribution in [2.75, 3.05) is 5.33 Å². The number of halogens is 1. The van der Waals surface area contributed by atoms with Gasteiger partial charge in [0.05, 0.1) is 0 Å². The molecule has 0 rings (SSSR count). The largest absolute Gasteiger partial charge is 0.517 e. The van der Waals surface area contributed by atoms with Gasteiger partial charge in [0.15, 0.2) is 0 Å². The van der Waals surface area contributed by atoms with Crippen LogP contribution in [0.5, 0.6) is 0 Å². The highest BCUT2D eigenvalue weighted by molar-refractivity contribution is 9.09. The quantitative estimate of drug-likeness (QED) is 0.427. The minimum Gasteiger partial charge on any atom is -0.517 e. The molecule has 0 aromatic heterocycles. The van der Waals surface area contributed by atoms with Crippen LogP contribution in [0.2, 0.25) is 19.6 Å². The number of carbonyl (C=O) groups excluding carboxylic acids is 1. The fraction of sp³-hybridized carbons (Fsp3) is 0.571. The first-order valence-corrected chi connectivity index (χ1v) is 7.94. The third-order valence-corrected chi connectivity index (χ3v) is 1.94. The molecule has 0 aliphatic heterocycles. The first kappa shape index (κ1) is 10.9. The SMILES string of the molecule is C[Si](C)(C)OC(=O)C=CCBr. The van der Waals surface area contributed by atoms with E-state index in [0.717, 1.165) is 0 Å². The van der Waals surface area contributed by atoms with Crippen LogP contribution in [-0.4, -0.2) is 19.6 Å². The van der Waals surface area contributed by atoms with E-state index in [-0.39, 0.29) is 5.97 Å². The normalized spacial score (nSPS) is 12.0. The molecule has 4 heteroatoms. The molecule has 2 nitrogen and oxygen atoms in total. The maximum absolute atomic E-state index is 10.9. The van der Waals surface area contributed by atoms with Crippen LogP contribution in [0.25, 0.3) is 0 Å². The molecule has 0 spiro atoms. The van der Waals surface area contributed by atoms with Gasteiger partial charge in [0.2, 0.25) is 8.32 Å². The highest BCUT2D eigenvalue weighted by Crippen LogP contribution is 2.02. The lowest BCUT2D eigenvalue weighted by Crippen LogP contribution is -2.28. The minimum atomic E-state index is -1.69. The fourth-order valence-electron chi connectivity index (χ4n) is 0.477. The molecule has 0 unspecified atom stereocenters. The van der Waals surface area contributed by atoms with E-state index in [1.807, 2.05) is 19.6 Å². The van der Waals surface area contributed by atoms with Crippen LogP contribution >= 0.6 is 15.9 Å². The number of rotatable bonds is 3. The van der Waals surface area contributed by atoms with Crippen LogP contribution < -0.4 is 0 Å². The van der Waals surface area contributed by atoms with Gasteiger partial charge in [0.1, 0.15) is 0 Å². The summed E-state index contributed by atoms with van der Waals surface area (Å²) in [5.41, 5.74) is 0. The monoisotopic (exact) mass is 236 g/mol. The van der Waals surface area contributed by atoms with Crippen LogP contribution in [0, 0.1) is 0 Å². The summed E-state index contributed by atoms with van der Waals surface area (Å²) in [5.74, 6) is -0.233. The van der Waals surface area contributed by atoms with Gasteiger partial charge in [0, 0.05) is 11.4 Å². The van der Waals surface area contributed by atoms with Crippen molar-refractivity contribution in [1.29, 1.82) is 0 Å². The topological polar surface area (TPSA) is 26.3 Å². The van der Waals surface area contributed by atoms with E-state index in [1.54, 1.807) is 6.08 Å². The standard InChI is InChI=1S/C7H13BrO2Si/c1-11(2,3)10-7(9)5-4-6-8/h4-5H,6H2,1-3H3. The molecule has 0 aliphatic rings. The molecule has 64 valence electrons. The van der Waals surface area contributed by atoms with Gasteiger partial charge in [-0.1, -0.05) is 22.0 Å². The first-order valence-electron chi connectivity index (χ1n) is 3.41. The van der Waals surface area contributed by atoms with Crippen molar-refractivity contribution in [3.63, 3.8) is 0 Å². The Morgan fingerprint density at radius 2 is 2.09 bits per heavy atom. The second-order valence-corrected chi connectivity index (χ2v) is 8.17. The molecule has 0 aromatic carbocycles. The lowest BCUT2D eigenvalue weighted by molar-refractivity contribution is -0.129. The Morgan fingerprint density at radius 1 is 1.55 bits per heavy atom. The molecule has 0 saturated heterocycles. The van der Waals surface area contributed by atoms with Gasteiger partial charge in [0.25, 0.3) is 0 Å². The average molecular weight is 237 g/mol. The number of hydrogen-bond donors (Lipinski definition) is 0. The summed E-state index contributed by atoms with van der Waals surface area (Å²) >= 11 is 3.17. The Kier molecular flexibility index (Phi) is 4.68. The summed E-state index contributed by atoms with van der Waals surface area (Å²) in [6, 6.07) is 0. The van der Waals surface area contributed by atoms with Crippen molar-refractivity contribution in [2.24, 2.45) is 0 Å². The molecular formula is C7H13BrO2Si. The third kappa shape index (κ3) is 7.81. The summed E-state index contributed by atoms with van der Waals surface area (Å²) in [6.07, 6.45) is 3.18.